The van der Waals surface area contributed by atoms with E-state index in [0.717, 1.165) is 28.7 Å². The summed E-state index contributed by atoms with van der Waals surface area (Å²) in [6.07, 6.45) is 1.83. The van der Waals surface area contributed by atoms with Crippen molar-refractivity contribution >= 4 is 51.4 Å². The van der Waals surface area contributed by atoms with Crippen molar-refractivity contribution in [2.75, 3.05) is 0 Å². The standard InChI is InChI=1S/C33H33FN4O4.K/c1-5-9-29-35-27(6-2)30(23-16-17-28(26(34)18-23)41-20(3)4)32(39)38(29)19-21-12-14-22(15-13-21)24-10-7-8-11-25(24)31-36-33(40)42-37-31;/h7-8,10-18,20H,5-6,9,19H2,1-4H3,(H,36,37,40);. The first-order chi connectivity index (χ1) is 20.3. The largest absolute Gasteiger partial charge is 0.488 e. The fraction of sp³-hybridized carbons (Fsp3) is 0.273. The van der Waals surface area contributed by atoms with Crippen LogP contribution in [0.3, 0.4) is 0 Å². The molecule has 0 atom stereocenters. The second kappa shape index (κ2) is 14.5. The minimum atomic E-state index is -0.617. The molecule has 1 radical (unpaired) electrons. The van der Waals surface area contributed by atoms with Crippen LogP contribution < -0.4 is 16.1 Å². The maximum atomic E-state index is 14.9. The van der Waals surface area contributed by atoms with E-state index in [-0.39, 0.29) is 68.8 Å². The fourth-order valence-electron chi connectivity index (χ4n) is 5.04. The Morgan fingerprint density at radius 2 is 1.67 bits per heavy atom. The van der Waals surface area contributed by atoms with Crippen molar-refractivity contribution in [2.24, 2.45) is 0 Å². The third-order valence-corrected chi connectivity index (χ3v) is 6.94. The van der Waals surface area contributed by atoms with Gasteiger partial charge in [0.15, 0.2) is 17.4 Å². The number of H-pyrrole nitrogens is 1. The molecule has 0 bridgehead atoms. The van der Waals surface area contributed by atoms with E-state index in [1.807, 2.05) is 76.2 Å². The van der Waals surface area contributed by atoms with Gasteiger partial charge in [-0.2, -0.15) is 0 Å². The molecule has 0 amide bonds. The molecule has 0 saturated carbocycles. The Bertz CT molecular complexity index is 1830. The van der Waals surface area contributed by atoms with Crippen LogP contribution >= 0.6 is 0 Å². The van der Waals surface area contributed by atoms with Crippen molar-refractivity contribution in [3.8, 4) is 39.4 Å². The first-order valence-electron chi connectivity index (χ1n) is 14.1. The Morgan fingerprint density at radius 1 is 0.977 bits per heavy atom. The Balaban J connectivity index is 0.00000423. The second-order valence-electron chi connectivity index (χ2n) is 10.3. The van der Waals surface area contributed by atoms with Gasteiger partial charge in [0.1, 0.15) is 5.82 Å². The third-order valence-electron chi connectivity index (χ3n) is 6.94. The molecule has 3 aromatic carbocycles. The number of hydrogen-bond acceptors (Lipinski definition) is 6. The average molecular weight is 608 g/mol. The van der Waals surface area contributed by atoms with E-state index in [9.17, 15) is 14.0 Å². The minimum Gasteiger partial charge on any atom is -0.488 e. The van der Waals surface area contributed by atoms with Crippen molar-refractivity contribution < 1.29 is 13.7 Å². The smallest absolute Gasteiger partial charge is 0.439 e. The Morgan fingerprint density at radius 3 is 2.28 bits per heavy atom. The number of nitrogens with zero attached hydrogens (tertiary/aromatic N) is 3. The molecule has 0 fully saturated rings. The predicted molar refractivity (Wildman–Crippen MR) is 166 cm³/mol. The van der Waals surface area contributed by atoms with Gasteiger partial charge >= 0.3 is 5.76 Å². The molecular weight excluding hydrogens is 574 g/mol. The van der Waals surface area contributed by atoms with Crippen LogP contribution in [0, 0.1) is 5.82 Å². The van der Waals surface area contributed by atoms with Crippen molar-refractivity contribution in [3.63, 3.8) is 0 Å². The van der Waals surface area contributed by atoms with E-state index in [2.05, 4.69) is 10.1 Å². The molecule has 217 valence electrons. The van der Waals surface area contributed by atoms with Gasteiger partial charge in [-0.3, -0.25) is 18.9 Å². The Labute approximate surface area is 291 Å². The summed E-state index contributed by atoms with van der Waals surface area (Å²) in [4.78, 5) is 33.0. The number of aryl methyl sites for hydroxylation is 2. The van der Waals surface area contributed by atoms with Gasteiger partial charge in [0, 0.05) is 63.4 Å². The van der Waals surface area contributed by atoms with Crippen LogP contribution in [0.4, 0.5) is 4.39 Å². The fourth-order valence-corrected chi connectivity index (χ4v) is 5.04. The van der Waals surface area contributed by atoms with E-state index in [1.54, 1.807) is 16.7 Å². The molecular formula is C33H33FKN4O4. The van der Waals surface area contributed by atoms with E-state index in [0.29, 0.717) is 47.9 Å². The van der Waals surface area contributed by atoms with Crippen molar-refractivity contribution in [1.29, 1.82) is 0 Å². The van der Waals surface area contributed by atoms with Gasteiger partial charge in [0.25, 0.3) is 5.56 Å². The number of ether oxygens (including phenoxy) is 1. The van der Waals surface area contributed by atoms with Gasteiger partial charge in [0.05, 0.1) is 23.9 Å². The number of nitrogens with one attached hydrogen (secondary N) is 1. The van der Waals surface area contributed by atoms with Crippen molar-refractivity contribution in [3.05, 3.63) is 111 Å². The van der Waals surface area contributed by atoms with Crippen LogP contribution in [0.25, 0.3) is 33.6 Å². The number of halogens is 1. The summed E-state index contributed by atoms with van der Waals surface area (Å²) in [6.45, 7) is 7.98. The van der Waals surface area contributed by atoms with Gasteiger partial charge in [-0.25, -0.2) is 14.2 Å². The number of benzene rings is 3. The zero-order valence-corrected chi connectivity index (χ0v) is 28.2. The van der Waals surface area contributed by atoms with Gasteiger partial charge < -0.3 is 4.74 Å². The molecule has 0 aliphatic rings. The van der Waals surface area contributed by atoms with Gasteiger partial charge in [-0.15, -0.1) is 0 Å². The van der Waals surface area contributed by atoms with Gasteiger partial charge in [-0.05, 0) is 61.1 Å². The van der Waals surface area contributed by atoms with E-state index < -0.39 is 11.6 Å². The molecule has 1 N–H and O–H groups in total. The molecule has 5 aromatic rings. The zero-order valence-electron chi connectivity index (χ0n) is 25.1. The molecule has 0 unspecified atom stereocenters. The van der Waals surface area contributed by atoms with E-state index in [4.69, 9.17) is 14.2 Å². The maximum Gasteiger partial charge on any atom is 0.439 e. The predicted octanol–water partition coefficient (Wildman–Crippen LogP) is 6.03. The molecule has 0 aliphatic carbocycles. The Kier molecular flexibility index (Phi) is 11.1. The second-order valence-corrected chi connectivity index (χ2v) is 10.3. The molecule has 0 saturated heterocycles. The van der Waals surface area contributed by atoms with Crippen molar-refractivity contribution in [1.82, 2.24) is 19.7 Å². The molecule has 0 aliphatic heterocycles. The number of aromatic nitrogens is 4. The monoisotopic (exact) mass is 607 g/mol. The maximum absolute atomic E-state index is 14.9. The summed E-state index contributed by atoms with van der Waals surface area (Å²) in [5.41, 5.74) is 4.76. The van der Waals surface area contributed by atoms with Crippen LogP contribution in [0.15, 0.2) is 80.8 Å². The van der Waals surface area contributed by atoms with Crippen LogP contribution in [0.1, 0.15) is 51.2 Å². The first-order valence-corrected chi connectivity index (χ1v) is 14.1. The molecule has 0 spiro atoms. The molecule has 2 aromatic heterocycles. The summed E-state index contributed by atoms with van der Waals surface area (Å²) in [6, 6.07) is 20.1. The van der Waals surface area contributed by atoms with E-state index >= 15 is 0 Å². The molecule has 43 heavy (non-hydrogen) atoms. The summed E-state index contributed by atoms with van der Waals surface area (Å²) < 4.78 is 26.9. The third kappa shape index (κ3) is 7.33. The van der Waals surface area contributed by atoms with Gasteiger partial charge in [0.2, 0.25) is 0 Å². The number of aromatic amines is 1. The first kappa shape index (κ1) is 32.8. The molecule has 8 nitrogen and oxygen atoms in total. The molecule has 2 heterocycles. The van der Waals surface area contributed by atoms with Crippen LogP contribution in [0.5, 0.6) is 5.75 Å². The summed E-state index contributed by atoms with van der Waals surface area (Å²) >= 11 is 0. The molecule has 5 rings (SSSR count). The summed E-state index contributed by atoms with van der Waals surface area (Å²) in [5, 5.41) is 3.83. The summed E-state index contributed by atoms with van der Waals surface area (Å²) in [7, 11) is 0. The topological polar surface area (TPSA) is 103 Å². The quantitative estimate of drug-likeness (QED) is 0.195. The SMILES string of the molecule is CCCc1nc(CC)c(-c2ccc(OC(C)C)c(F)c2)c(=O)n1Cc1ccc(-c2ccccc2-c2noc(=O)[nH]2)cc1.[K]. The average Bonchev–Trinajstić information content (AvgIpc) is 3.42. The summed E-state index contributed by atoms with van der Waals surface area (Å²) in [5.74, 6) is 0.0721. The number of hydrogen-bond donors (Lipinski definition) is 1. The number of rotatable bonds is 10. The Hall–Kier alpha value is -3.15. The van der Waals surface area contributed by atoms with E-state index in [1.165, 1.54) is 6.07 Å². The van der Waals surface area contributed by atoms with Crippen LogP contribution in [0.2, 0.25) is 0 Å². The zero-order chi connectivity index (χ0) is 29.8. The van der Waals surface area contributed by atoms with Crippen LogP contribution in [-0.4, -0.2) is 77.2 Å². The van der Waals surface area contributed by atoms with Crippen LogP contribution in [-0.2, 0) is 19.4 Å². The minimum absolute atomic E-state index is 0. The van der Waals surface area contributed by atoms with Gasteiger partial charge in [-0.1, -0.05) is 73.6 Å². The van der Waals surface area contributed by atoms with Crippen molar-refractivity contribution in [2.45, 2.75) is 59.6 Å². The normalized spacial score (nSPS) is 11.0. The molecule has 10 heteroatoms.